The van der Waals surface area contributed by atoms with Gasteiger partial charge in [-0.15, -0.1) is 0 Å². The van der Waals surface area contributed by atoms with Crippen molar-refractivity contribution in [3.63, 3.8) is 0 Å². The normalized spacial score (nSPS) is 11.5. The number of hydrogen-bond acceptors (Lipinski definition) is 4. The molecule has 1 aromatic carbocycles. The van der Waals surface area contributed by atoms with Crippen LogP contribution in [0.3, 0.4) is 0 Å². The molecule has 84 valence electrons. The third-order valence-corrected chi connectivity index (χ3v) is 2.19. The van der Waals surface area contributed by atoms with Crippen LogP contribution in [0.2, 0.25) is 0 Å². The van der Waals surface area contributed by atoms with Crippen LogP contribution in [-0.4, -0.2) is 29.0 Å². The first-order valence-corrected chi connectivity index (χ1v) is 4.56. The van der Waals surface area contributed by atoms with Gasteiger partial charge in [-0.2, -0.15) is 0 Å². The van der Waals surface area contributed by atoms with Gasteiger partial charge in [-0.1, -0.05) is 6.07 Å². The fourth-order valence-corrected chi connectivity index (χ4v) is 1.10. The van der Waals surface area contributed by atoms with Crippen molar-refractivity contribution in [2.75, 3.05) is 24.3 Å². The van der Waals surface area contributed by atoms with Crippen LogP contribution in [0.15, 0.2) is 18.2 Å². The van der Waals surface area contributed by atoms with Gasteiger partial charge in [0.1, 0.15) is 5.82 Å². The number of anilines is 2. The van der Waals surface area contributed by atoms with E-state index in [1.165, 1.54) is 12.1 Å². The molecule has 0 saturated heterocycles. The van der Waals surface area contributed by atoms with Crippen LogP contribution < -0.4 is 11.1 Å². The number of nitrogens with one attached hydrogen (secondary N) is 1. The van der Waals surface area contributed by atoms with E-state index in [0.29, 0.717) is 5.69 Å². The number of para-hydroxylation sites is 1. The number of aliphatic hydroxyl groups excluding tert-OH is 2. The summed E-state index contributed by atoms with van der Waals surface area (Å²) in [5.74, 6) is -0.529. The molecule has 1 aromatic rings. The summed E-state index contributed by atoms with van der Waals surface area (Å²) >= 11 is 0. The predicted octanol–water partition coefficient (Wildman–Crippen LogP) is 0.563. The summed E-state index contributed by atoms with van der Waals surface area (Å²) in [6.07, 6.45) is 0. The van der Waals surface area contributed by atoms with Crippen molar-refractivity contribution in [2.45, 2.75) is 12.5 Å². The molecule has 1 rings (SSSR count). The van der Waals surface area contributed by atoms with E-state index in [9.17, 15) is 4.39 Å². The molecule has 0 heterocycles. The van der Waals surface area contributed by atoms with E-state index in [4.69, 9.17) is 15.9 Å². The zero-order valence-corrected chi connectivity index (χ0v) is 8.50. The van der Waals surface area contributed by atoms with Crippen molar-refractivity contribution < 1.29 is 14.6 Å². The highest BCUT2D eigenvalue weighted by atomic mass is 19.1. The minimum Gasteiger partial charge on any atom is -0.395 e. The second kappa shape index (κ2) is 4.46. The zero-order valence-electron chi connectivity index (χ0n) is 8.50. The summed E-state index contributed by atoms with van der Waals surface area (Å²) in [6, 6.07) is 4.33. The quantitative estimate of drug-likeness (QED) is 0.552. The smallest absolute Gasteiger partial charge is 0.148 e. The van der Waals surface area contributed by atoms with Crippen molar-refractivity contribution in [1.29, 1.82) is 0 Å². The molecule has 5 heteroatoms. The van der Waals surface area contributed by atoms with Crippen LogP contribution in [-0.2, 0) is 0 Å². The zero-order chi connectivity index (χ0) is 11.5. The van der Waals surface area contributed by atoms with Crippen molar-refractivity contribution in [1.82, 2.24) is 0 Å². The number of aliphatic hydroxyl groups is 2. The molecule has 0 atom stereocenters. The standard InChI is InChI=1S/C10H15FN2O2/c1-10(5-14,6-15)13-8-4-2-3-7(11)9(8)12/h2-4,13-15H,5-6,12H2,1H3. The van der Waals surface area contributed by atoms with E-state index in [0.717, 1.165) is 0 Å². The van der Waals surface area contributed by atoms with Crippen molar-refractivity contribution in [3.8, 4) is 0 Å². The summed E-state index contributed by atoms with van der Waals surface area (Å²) in [4.78, 5) is 0. The second-order valence-electron chi connectivity index (χ2n) is 3.70. The Morgan fingerprint density at radius 2 is 2.00 bits per heavy atom. The number of nitrogen functional groups attached to an aromatic ring is 1. The Kier molecular flexibility index (Phi) is 3.49. The minimum absolute atomic E-state index is 0.0226. The first-order chi connectivity index (χ1) is 7.02. The van der Waals surface area contributed by atoms with Crippen LogP contribution in [0.1, 0.15) is 6.92 Å². The largest absolute Gasteiger partial charge is 0.395 e. The number of benzene rings is 1. The molecule has 0 aromatic heterocycles. The number of hydrogen-bond donors (Lipinski definition) is 4. The van der Waals surface area contributed by atoms with Gasteiger partial charge >= 0.3 is 0 Å². The first-order valence-electron chi connectivity index (χ1n) is 4.56. The van der Waals surface area contributed by atoms with Crippen molar-refractivity contribution in [2.24, 2.45) is 0 Å². The highest BCUT2D eigenvalue weighted by molar-refractivity contribution is 5.67. The van der Waals surface area contributed by atoms with Gasteiger partial charge in [-0.05, 0) is 19.1 Å². The Balaban J connectivity index is 2.94. The molecule has 0 fully saturated rings. The van der Waals surface area contributed by atoms with Gasteiger partial charge in [0.15, 0.2) is 0 Å². The van der Waals surface area contributed by atoms with Crippen LogP contribution >= 0.6 is 0 Å². The predicted molar refractivity (Wildman–Crippen MR) is 57.0 cm³/mol. The summed E-state index contributed by atoms with van der Waals surface area (Å²) < 4.78 is 13.1. The molecule has 5 N–H and O–H groups in total. The molecule has 0 aliphatic rings. The van der Waals surface area contributed by atoms with E-state index in [-0.39, 0.29) is 18.9 Å². The fraction of sp³-hybridized carbons (Fsp3) is 0.400. The molecule has 0 unspecified atom stereocenters. The van der Waals surface area contributed by atoms with Gasteiger partial charge in [-0.3, -0.25) is 0 Å². The molecule has 0 saturated carbocycles. The summed E-state index contributed by atoms with van der Waals surface area (Å²) in [7, 11) is 0. The van der Waals surface area contributed by atoms with E-state index < -0.39 is 11.4 Å². The average molecular weight is 214 g/mol. The molecule has 0 aliphatic carbocycles. The number of halogens is 1. The van der Waals surface area contributed by atoms with E-state index >= 15 is 0 Å². The third kappa shape index (κ3) is 2.57. The van der Waals surface area contributed by atoms with Gasteiger partial charge in [0.05, 0.1) is 30.1 Å². The Bertz CT molecular complexity index is 340. The fourth-order valence-electron chi connectivity index (χ4n) is 1.10. The molecule has 0 spiro atoms. The highest BCUT2D eigenvalue weighted by Gasteiger charge is 2.23. The molecular weight excluding hydrogens is 199 g/mol. The number of nitrogens with two attached hydrogens (primary N) is 1. The maximum atomic E-state index is 13.1. The molecular formula is C10H15FN2O2. The maximum Gasteiger partial charge on any atom is 0.148 e. The van der Waals surface area contributed by atoms with E-state index in [1.807, 2.05) is 0 Å². The minimum atomic E-state index is -0.915. The monoisotopic (exact) mass is 214 g/mol. The maximum absolute atomic E-state index is 13.1. The summed E-state index contributed by atoms with van der Waals surface area (Å²) in [6.45, 7) is 1.05. The van der Waals surface area contributed by atoms with Crippen LogP contribution in [0.25, 0.3) is 0 Å². The summed E-state index contributed by atoms with van der Waals surface area (Å²) in [5, 5.41) is 20.9. The van der Waals surface area contributed by atoms with Crippen molar-refractivity contribution in [3.05, 3.63) is 24.0 Å². The topological polar surface area (TPSA) is 78.5 Å². The third-order valence-electron chi connectivity index (χ3n) is 2.19. The molecule has 0 aliphatic heterocycles. The molecule has 0 bridgehead atoms. The van der Waals surface area contributed by atoms with Gasteiger partial charge < -0.3 is 21.3 Å². The van der Waals surface area contributed by atoms with E-state index in [2.05, 4.69) is 5.32 Å². The molecule has 4 nitrogen and oxygen atoms in total. The lowest BCUT2D eigenvalue weighted by Crippen LogP contribution is -2.42. The lowest BCUT2D eigenvalue weighted by atomic mass is 10.0. The summed E-state index contributed by atoms with van der Waals surface area (Å²) in [5.41, 5.74) is 4.92. The van der Waals surface area contributed by atoms with Crippen LogP contribution in [0.5, 0.6) is 0 Å². The second-order valence-corrected chi connectivity index (χ2v) is 3.70. The highest BCUT2D eigenvalue weighted by Crippen LogP contribution is 2.24. The lowest BCUT2D eigenvalue weighted by Gasteiger charge is -2.28. The van der Waals surface area contributed by atoms with Gasteiger partial charge in [-0.25, -0.2) is 4.39 Å². The van der Waals surface area contributed by atoms with Crippen LogP contribution in [0.4, 0.5) is 15.8 Å². The lowest BCUT2D eigenvalue weighted by molar-refractivity contribution is 0.147. The average Bonchev–Trinajstić information content (AvgIpc) is 2.25. The molecule has 0 radical (unpaired) electrons. The van der Waals surface area contributed by atoms with Gasteiger partial charge in [0.25, 0.3) is 0 Å². The SMILES string of the molecule is CC(CO)(CO)Nc1cccc(F)c1N. The van der Waals surface area contributed by atoms with Gasteiger partial charge in [0, 0.05) is 0 Å². The number of rotatable bonds is 4. The first kappa shape index (κ1) is 11.7. The Hall–Kier alpha value is -1.33. The Morgan fingerprint density at radius 3 is 2.53 bits per heavy atom. The van der Waals surface area contributed by atoms with Crippen molar-refractivity contribution >= 4 is 11.4 Å². The Morgan fingerprint density at radius 1 is 1.40 bits per heavy atom. The van der Waals surface area contributed by atoms with Crippen LogP contribution in [0, 0.1) is 5.82 Å². The Labute approximate surface area is 87.5 Å². The van der Waals surface area contributed by atoms with Gasteiger partial charge in [0.2, 0.25) is 0 Å². The molecule has 15 heavy (non-hydrogen) atoms. The molecule has 0 amide bonds. The van der Waals surface area contributed by atoms with E-state index in [1.54, 1.807) is 13.0 Å².